The summed E-state index contributed by atoms with van der Waals surface area (Å²) < 4.78 is 11.3. The van der Waals surface area contributed by atoms with Crippen LogP contribution >= 0.6 is 0 Å². The summed E-state index contributed by atoms with van der Waals surface area (Å²) in [6, 6.07) is 13.6. The molecule has 2 aliphatic heterocycles. The summed E-state index contributed by atoms with van der Waals surface area (Å²) in [6.07, 6.45) is 3.91. The number of amides is 1. The summed E-state index contributed by atoms with van der Waals surface area (Å²) in [5.41, 5.74) is 3.46. The first-order valence-corrected chi connectivity index (χ1v) is 12.9. The van der Waals surface area contributed by atoms with Crippen LogP contribution in [0.25, 0.3) is 0 Å². The van der Waals surface area contributed by atoms with Gasteiger partial charge >= 0.3 is 11.9 Å². The van der Waals surface area contributed by atoms with E-state index in [1.165, 1.54) is 24.0 Å². The Morgan fingerprint density at radius 2 is 1.51 bits per heavy atom. The molecule has 39 heavy (non-hydrogen) atoms. The van der Waals surface area contributed by atoms with Gasteiger partial charge in [-0.25, -0.2) is 9.59 Å². The van der Waals surface area contributed by atoms with Crippen LogP contribution in [-0.4, -0.2) is 82.4 Å². The molecular weight excluding hydrogens is 508 g/mol. The summed E-state index contributed by atoms with van der Waals surface area (Å²) >= 11 is 0. The van der Waals surface area contributed by atoms with Crippen molar-refractivity contribution in [2.75, 3.05) is 32.8 Å². The third-order valence-electron chi connectivity index (χ3n) is 7.08. The van der Waals surface area contributed by atoms with Crippen molar-refractivity contribution in [3.8, 4) is 11.5 Å². The number of aliphatic hydroxyl groups excluding tert-OH is 1. The Hall–Kier alpha value is -3.67. The maximum Gasteiger partial charge on any atom is 0.414 e. The Bertz CT molecular complexity index is 1110. The molecule has 5 rings (SSSR count). The summed E-state index contributed by atoms with van der Waals surface area (Å²) in [5, 5.41) is 29.2. The molecule has 1 saturated heterocycles. The zero-order valence-electron chi connectivity index (χ0n) is 21.7. The number of ether oxygens (including phenoxy) is 2. The van der Waals surface area contributed by atoms with Gasteiger partial charge in [0.2, 0.25) is 5.91 Å². The number of aliphatic hydroxyl groups is 1. The zero-order chi connectivity index (χ0) is 27.1. The minimum absolute atomic E-state index is 0. The molecule has 3 aliphatic rings. The van der Waals surface area contributed by atoms with Crippen molar-refractivity contribution in [1.29, 1.82) is 0 Å². The van der Waals surface area contributed by atoms with Crippen LogP contribution in [0.15, 0.2) is 42.5 Å². The van der Waals surface area contributed by atoms with Crippen molar-refractivity contribution in [3.63, 3.8) is 0 Å². The van der Waals surface area contributed by atoms with Crippen LogP contribution in [0.2, 0.25) is 0 Å². The molecule has 0 aromatic heterocycles. The van der Waals surface area contributed by atoms with E-state index in [-0.39, 0.29) is 17.4 Å². The van der Waals surface area contributed by atoms with Crippen molar-refractivity contribution >= 4 is 17.8 Å². The number of likely N-dealkylation sites (tertiary alicyclic amines) is 1. The fourth-order valence-corrected chi connectivity index (χ4v) is 5.27. The van der Waals surface area contributed by atoms with Gasteiger partial charge in [0.25, 0.3) is 0 Å². The number of nitrogens with zero attached hydrogens (tertiary/aromatic N) is 1. The molecule has 1 fully saturated rings. The molecule has 2 aromatic rings. The van der Waals surface area contributed by atoms with E-state index < -0.39 is 18.0 Å². The maximum atomic E-state index is 13.0. The Morgan fingerprint density at radius 1 is 0.923 bits per heavy atom. The largest absolute Gasteiger partial charge is 0.486 e. The number of carbonyl (C=O) groups is 3. The molecule has 2 atom stereocenters. The highest BCUT2D eigenvalue weighted by Gasteiger charge is 2.30. The number of benzene rings is 2. The highest BCUT2D eigenvalue weighted by molar-refractivity contribution is 6.27. The van der Waals surface area contributed by atoms with Crippen molar-refractivity contribution < 1.29 is 44.7 Å². The minimum Gasteiger partial charge on any atom is -0.486 e. The summed E-state index contributed by atoms with van der Waals surface area (Å²) in [5.74, 6) is -1.95. The SMILES string of the molecule is O.O=C(CC1Cc2ccccc2C1)N[C@H](CN1CCCC1)[C@H](O)c1ccc2c(c1)OCCO2.O=C(O)C(=O)O. The summed E-state index contributed by atoms with van der Waals surface area (Å²) in [6.45, 7) is 3.71. The second kappa shape index (κ2) is 13.9. The number of carboxylic acid groups (broad SMARTS) is 2. The third kappa shape index (κ3) is 8.16. The van der Waals surface area contributed by atoms with Gasteiger partial charge in [0.1, 0.15) is 19.3 Å². The van der Waals surface area contributed by atoms with Crippen LogP contribution in [0.1, 0.15) is 42.1 Å². The minimum atomic E-state index is -1.82. The molecule has 0 spiro atoms. The van der Waals surface area contributed by atoms with Crippen LogP contribution in [0.5, 0.6) is 11.5 Å². The molecule has 0 radical (unpaired) electrons. The molecule has 0 bridgehead atoms. The lowest BCUT2D eigenvalue weighted by Gasteiger charge is -2.29. The van der Waals surface area contributed by atoms with Gasteiger partial charge in [0.15, 0.2) is 11.5 Å². The van der Waals surface area contributed by atoms with Crippen LogP contribution in [0.3, 0.4) is 0 Å². The van der Waals surface area contributed by atoms with Gasteiger partial charge in [-0.1, -0.05) is 30.3 Å². The van der Waals surface area contributed by atoms with Crippen LogP contribution in [0.4, 0.5) is 0 Å². The van der Waals surface area contributed by atoms with Gasteiger partial charge in [-0.3, -0.25) is 4.79 Å². The molecule has 212 valence electrons. The monoisotopic (exact) mass is 544 g/mol. The van der Waals surface area contributed by atoms with Crippen LogP contribution in [-0.2, 0) is 27.2 Å². The number of hydrogen-bond acceptors (Lipinski definition) is 7. The fourth-order valence-electron chi connectivity index (χ4n) is 5.27. The predicted octanol–water partition coefficient (Wildman–Crippen LogP) is 1.21. The standard InChI is InChI=1S/C26H32N2O4.C2H2O4.H2O/c29-25(15-18-13-19-5-1-2-6-20(19)14-18)27-22(17-28-9-3-4-10-28)26(30)21-7-8-23-24(16-21)32-12-11-31-23;3-1(4)2(5)6;/h1-2,5-8,16,18,22,26,30H,3-4,9-15,17H2,(H,27,29);(H,3,4)(H,5,6);1H2/t22-,26-;;/m1../s1. The first-order valence-electron chi connectivity index (χ1n) is 12.9. The molecule has 1 amide bonds. The smallest absolute Gasteiger partial charge is 0.414 e. The van der Waals surface area contributed by atoms with Crippen LogP contribution in [0, 0.1) is 5.92 Å². The molecular formula is C28H36N2O9. The zero-order valence-corrected chi connectivity index (χ0v) is 21.7. The number of rotatable bonds is 7. The van der Waals surface area contributed by atoms with E-state index >= 15 is 0 Å². The maximum absolute atomic E-state index is 13.0. The van der Waals surface area contributed by atoms with Crippen LogP contribution < -0.4 is 14.8 Å². The van der Waals surface area contributed by atoms with Crippen molar-refractivity contribution in [2.24, 2.45) is 5.92 Å². The van der Waals surface area contributed by atoms with E-state index in [9.17, 15) is 9.90 Å². The van der Waals surface area contributed by atoms with Crippen molar-refractivity contribution in [3.05, 3.63) is 59.2 Å². The second-order valence-electron chi connectivity index (χ2n) is 9.89. The van der Waals surface area contributed by atoms with Gasteiger partial charge in [-0.15, -0.1) is 0 Å². The first-order chi connectivity index (χ1) is 18.3. The number of fused-ring (bicyclic) bond motifs is 2. The van der Waals surface area contributed by atoms with Gasteiger partial charge in [-0.05, 0) is 73.5 Å². The number of aliphatic carboxylic acids is 2. The van der Waals surface area contributed by atoms with E-state index in [1.54, 1.807) is 0 Å². The van der Waals surface area contributed by atoms with E-state index in [4.69, 9.17) is 29.3 Å². The lowest BCUT2D eigenvalue weighted by molar-refractivity contribution is -0.159. The highest BCUT2D eigenvalue weighted by atomic mass is 16.6. The highest BCUT2D eigenvalue weighted by Crippen LogP contribution is 2.34. The molecule has 6 N–H and O–H groups in total. The lowest BCUT2D eigenvalue weighted by Crippen LogP contribution is -2.47. The van der Waals surface area contributed by atoms with E-state index in [2.05, 4.69) is 34.5 Å². The molecule has 0 unspecified atom stereocenters. The lowest BCUT2D eigenvalue weighted by atomic mass is 9.98. The molecule has 11 nitrogen and oxygen atoms in total. The second-order valence-corrected chi connectivity index (χ2v) is 9.89. The van der Waals surface area contributed by atoms with Gasteiger partial charge in [-0.2, -0.15) is 0 Å². The Balaban J connectivity index is 0.000000543. The number of nitrogens with one attached hydrogen (secondary N) is 1. The summed E-state index contributed by atoms with van der Waals surface area (Å²) in [7, 11) is 0. The molecule has 0 saturated carbocycles. The van der Waals surface area contributed by atoms with E-state index in [1.807, 2.05) is 18.2 Å². The third-order valence-corrected chi connectivity index (χ3v) is 7.08. The van der Waals surface area contributed by atoms with E-state index in [0.29, 0.717) is 43.6 Å². The topological polar surface area (TPSA) is 177 Å². The van der Waals surface area contributed by atoms with Crippen molar-refractivity contribution in [1.82, 2.24) is 10.2 Å². The Labute approximate surface area is 226 Å². The predicted molar refractivity (Wildman–Crippen MR) is 141 cm³/mol. The molecule has 2 aromatic carbocycles. The normalized spacial score (nSPS) is 17.6. The van der Waals surface area contributed by atoms with Gasteiger partial charge in [0.05, 0.1) is 6.04 Å². The van der Waals surface area contributed by atoms with Gasteiger partial charge < -0.3 is 40.5 Å². The Morgan fingerprint density at radius 3 is 2.10 bits per heavy atom. The summed E-state index contributed by atoms with van der Waals surface area (Å²) in [4.78, 5) is 33.5. The first kappa shape index (κ1) is 29.9. The number of carboxylic acids is 2. The average molecular weight is 545 g/mol. The Kier molecular flexibility index (Phi) is 10.7. The van der Waals surface area contributed by atoms with Crippen molar-refractivity contribution in [2.45, 2.75) is 44.2 Å². The average Bonchev–Trinajstić information content (AvgIpc) is 3.57. The van der Waals surface area contributed by atoms with E-state index in [0.717, 1.165) is 31.5 Å². The molecule has 11 heteroatoms. The number of hydrogen-bond donors (Lipinski definition) is 4. The fraction of sp³-hybridized carbons (Fsp3) is 0.464. The molecule has 2 heterocycles. The quantitative estimate of drug-likeness (QED) is 0.373. The van der Waals surface area contributed by atoms with Gasteiger partial charge in [0, 0.05) is 13.0 Å². The number of carbonyl (C=O) groups excluding carboxylic acids is 1. The molecule has 1 aliphatic carbocycles.